The lowest BCUT2D eigenvalue weighted by molar-refractivity contribution is 0.0985. The van der Waals surface area contributed by atoms with Crippen LogP contribution in [0.25, 0.3) is 10.2 Å². The van der Waals surface area contributed by atoms with Gasteiger partial charge in [0, 0.05) is 0 Å². The van der Waals surface area contributed by atoms with E-state index >= 15 is 0 Å². The number of carbonyl (C=O) groups is 1. The second kappa shape index (κ2) is 7.60. The zero-order valence-corrected chi connectivity index (χ0v) is 17.4. The lowest BCUT2D eigenvalue weighted by atomic mass is 10.2. The number of aromatic nitrogens is 1. The van der Waals surface area contributed by atoms with Gasteiger partial charge in [-0.15, -0.1) is 11.3 Å². The van der Waals surface area contributed by atoms with Crippen molar-refractivity contribution in [3.05, 3.63) is 80.0 Å². The summed E-state index contributed by atoms with van der Waals surface area (Å²) in [5.74, 6) is -0.205. The second-order valence-electron chi connectivity index (χ2n) is 6.03. The van der Waals surface area contributed by atoms with Crippen molar-refractivity contribution in [1.29, 1.82) is 0 Å². The normalized spacial score (nSPS) is 11.1. The van der Waals surface area contributed by atoms with Crippen LogP contribution in [0.3, 0.4) is 0 Å². The summed E-state index contributed by atoms with van der Waals surface area (Å²) in [6.45, 7) is 2.42. The molecule has 3 nitrogen and oxygen atoms in total. The van der Waals surface area contributed by atoms with E-state index in [4.69, 9.17) is 28.2 Å². The first kappa shape index (κ1) is 18.4. The van der Waals surface area contributed by atoms with Crippen LogP contribution in [0.5, 0.6) is 0 Å². The molecule has 4 rings (SSSR count). The molecule has 0 saturated carbocycles. The summed E-state index contributed by atoms with van der Waals surface area (Å²) in [7, 11) is 0. The fraction of sp³-hybridized carbons (Fsp3) is 0.100. The van der Waals surface area contributed by atoms with Crippen LogP contribution in [0.4, 0.5) is 5.13 Å². The van der Waals surface area contributed by atoms with Crippen molar-refractivity contribution >= 4 is 67.1 Å². The minimum atomic E-state index is -0.205. The third-order valence-corrected chi connectivity index (χ3v) is 6.69. The summed E-state index contributed by atoms with van der Waals surface area (Å²) in [5.41, 5.74) is 3.41. The molecule has 0 bridgehead atoms. The molecule has 2 aromatic heterocycles. The van der Waals surface area contributed by atoms with Crippen molar-refractivity contribution in [2.24, 2.45) is 0 Å². The van der Waals surface area contributed by atoms with Crippen molar-refractivity contribution in [2.45, 2.75) is 13.5 Å². The molecule has 4 aromatic rings. The number of anilines is 1. The molecule has 0 N–H and O–H groups in total. The number of halogens is 2. The summed E-state index contributed by atoms with van der Waals surface area (Å²) < 4.78 is 1.92. The fourth-order valence-corrected chi connectivity index (χ4v) is 5.30. The maximum absolute atomic E-state index is 13.3. The standard InChI is InChI=1S/C20H14Cl2N2OS2/c1-12-6-5-9-15-17(12)23-20(26-15)24(11-13-7-3-2-4-8-13)19(25)14-10-16(21)27-18(14)22/h2-10H,11H2,1H3. The van der Waals surface area contributed by atoms with E-state index in [9.17, 15) is 4.79 Å². The van der Waals surface area contributed by atoms with Gasteiger partial charge in [0.1, 0.15) is 4.34 Å². The molecule has 0 aliphatic rings. The highest BCUT2D eigenvalue weighted by atomic mass is 35.5. The van der Waals surface area contributed by atoms with Gasteiger partial charge >= 0.3 is 0 Å². The van der Waals surface area contributed by atoms with Crippen molar-refractivity contribution in [3.8, 4) is 0 Å². The molecule has 27 heavy (non-hydrogen) atoms. The zero-order chi connectivity index (χ0) is 19.0. The van der Waals surface area contributed by atoms with Crippen molar-refractivity contribution in [3.63, 3.8) is 0 Å². The highest BCUT2D eigenvalue weighted by molar-refractivity contribution is 7.22. The molecule has 2 aromatic carbocycles. The van der Waals surface area contributed by atoms with Gasteiger partial charge in [-0.05, 0) is 30.2 Å². The monoisotopic (exact) mass is 432 g/mol. The molecular formula is C20H14Cl2N2OS2. The van der Waals surface area contributed by atoms with E-state index in [2.05, 4.69) is 0 Å². The van der Waals surface area contributed by atoms with Gasteiger partial charge in [0.05, 0.1) is 26.7 Å². The molecule has 0 fully saturated rings. The lowest BCUT2D eigenvalue weighted by Gasteiger charge is -2.19. The molecule has 0 aliphatic heterocycles. The molecule has 0 radical (unpaired) electrons. The summed E-state index contributed by atoms with van der Waals surface area (Å²) in [5, 5.41) is 0.645. The second-order valence-corrected chi connectivity index (χ2v) is 9.33. The number of benzene rings is 2. The number of fused-ring (bicyclic) bond motifs is 1. The Morgan fingerprint density at radius 3 is 2.52 bits per heavy atom. The number of carbonyl (C=O) groups excluding carboxylic acids is 1. The van der Waals surface area contributed by atoms with Crippen LogP contribution >= 0.6 is 45.9 Å². The molecule has 0 unspecified atom stereocenters. The molecule has 136 valence electrons. The van der Waals surface area contributed by atoms with E-state index in [-0.39, 0.29) is 5.91 Å². The number of hydrogen-bond acceptors (Lipinski definition) is 4. The van der Waals surface area contributed by atoms with Crippen LogP contribution in [0, 0.1) is 6.92 Å². The van der Waals surface area contributed by atoms with Crippen molar-refractivity contribution in [1.82, 2.24) is 4.98 Å². The quantitative estimate of drug-likeness (QED) is 0.354. The third kappa shape index (κ3) is 3.73. The van der Waals surface area contributed by atoms with Crippen LogP contribution in [-0.2, 0) is 6.54 Å². The van der Waals surface area contributed by atoms with Gasteiger partial charge in [-0.2, -0.15) is 0 Å². The maximum atomic E-state index is 13.3. The van der Waals surface area contributed by atoms with Gasteiger partial charge in [-0.1, -0.05) is 77.0 Å². The Labute approximate surface area is 174 Å². The number of thiazole rings is 1. The Bertz CT molecular complexity index is 1120. The summed E-state index contributed by atoms with van der Waals surface area (Å²) in [6.07, 6.45) is 0. The Kier molecular flexibility index (Phi) is 5.19. The number of thiophene rings is 1. The number of aryl methyl sites for hydroxylation is 1. The highest BCUT2D eigenvalue weighted by Crippen LogP contribution is 2.36. The fourth-order valence-electron chi connectivity index (χ4n) is 2.81. The summed E-state index contributed by atoms with van der Waals surface area (Å²) in [6, 6.07) is 17.5. The minimum absolute atomic E-state index is 0.205. The van der Waals surface area contributed by atoms with Crippen LogP contribution in [0.1, 0.15) is 21.5 Å². The maximum Gasteiger partial charge on any atom is 0.262 e. The summed E-state index contributed by atoms with van der Waals surface area (Å²) >= 11 is 15.0. The SMILES string of the molecule is Cc1cccc2sc(N(Cc3ccccc3)C(=O)c3cc(Cl)sc3Cl)nc12. The van der Waals surface area contributed by atoms with Gasteiger partial charge in [-0.3, -0.25) is 9.69 Å². The van der Waals surface area contributed by atoms with Crippen LogP contribution in [-0.4, -0.2) is 10.9 Å². The van der Waals surface area contributed by atoms with E-state index in [0.717, 1.165) is 21.3 Å². The first-order chi connectivity index (χ1) is 13.0. The number of nitrogens with zero attached hydrogens (tertiary/aromatic N) is 2. The van der Waals surface area contributed by atoms with Gasteiger partial charge in [-0.25, -0.2) is 4.98 Å². The lowest BCUT2D eigenvalue weighted by Crippen LogP contribution is -2.30. The molecule has 0 spiro atoms. The van der Waals surface area contributed by atoms with Gasteiger partial charge in [0.15, 0.2) is 5.13 Å². The third-order valence-electron chi connectivity index (χ3n) is 4.16. The molecule has 0 atom stereocenters. The van der Waals surface area contributed by atoms with Crippen molar-refractivity contribution < 1.29 is 4.79 Å². The number of rotatable bonds is 4. The molecular weight excluding hydrogens is 419 g/mol. The predicted molar refractivity (Wildman–Crippen MR) is 116 cm³/mol. The van der Waals surface area contributed by atoms with Gasteiger partial charge < -0.3 is 0 Å². The molecule has 2 heterocycles. The van der Waals surface area contributed by atoms with E-state index in [1.54, 1.807) is 11.0 Å². The summed E-state index contributed by atoms with van der Waals surface area (Å²) in [4.78, 5) is 19.7. The van der Waals surface area contributed by atoms with E-state index < -0.39 is 0 Å². The van der Waals surface area contributed by atoms with Crippen LogP contribution in [0.2, 0.25) is 8.67 Å². The Morgan fingerprint density at radius 2 is 1.85 bits per heavy atom. The van der Waals surface area contributed by atoms with Crippen LogP contribution < -0.4 is 4.90 Å². The van der Waals surface area contributed by atoms with Gasteiger partial charge in [0.25, 0.3) is 5.91 Å². The Morgan fingerprint density at radius 1 is 1.07 bits per heavy atom. The van der Waals surface area contributed by atoms with Gasteiger partial charge in [0.2, 0.25) is 0 Å². The topological polar surface area (TPSA) is 33.2 Å². The largest absolute Gasteiger partial charge is 0.279 e. The first-order valence-electron chi connectivity index (χ1n) is 8.19. The number of amides is 1. The predicted octanol–water partition coefficient (Wildman–Crippen LogP) is 6.82. The Balaban J connectivity index is 1.80. The zero-order valence-electron chi connectivity index (χ0n) is 14.3. The van der Waals surface area contributed by atoms with E-state index in [0.29, 0.717) is 25.9 Å². The smallest absolute Gasteiger partial charge is 0.262 e. The average Bonchev–Trinajstić information content (AvgIpc) is 3.23. The molecule has 7 heteroatoms. The first-order valence-corrected chi connectivity index (χ1v) is 10.6. The molecule has 1 amide bonds. The average molecular weight is 433 g/mol. The minimum Gasteiger partial charge on any atom is -0.279 e. The highest BCUT2D eigenvalue weighted by Gasteiger charge is 2.25. The van der Waals surface area contributed by atoms with E-state index in [1.807, 2.05) is 55.5 Å². The number of para-hydroxylation sites is 1. The molecule has 0 saturated heterocycles. The Hall–Kier alpha value is -1.92. The molecule has 0 aliphatic carbocycles. The number of hydrogen-bond donors (Lipinski definition) is 0. The van der Waals surface area contributed by atoms with E-state index in [1.165, 1.54) is 22.7 Å². The van der Waals surface area contributed by atoms with Crippen LogP contribution in [0.15, 0.2) is 54.6 Å². The van der Waals surface area contributed by atoms with Crippen molar-refractivity contribution in [2.75, 3.05) is 4.90 Å².